The Hall–Kier alpha value is -1.00. The van der Waals surface area contributed by atoms with E-state index in [-0.39, 0.29) is 5.56 Å². The van der Waals surface area contributed by atoms with Crippen LogP contribution in [0.1, 0.15) is 50.6 Å². The van der Waals surface area contributed by atoms with E-state index in [2.05, 4.69) is 11.8 Å². The first-order valence-corrected chi connectivity index (χ1v) is 7.56. The fourth-order valence-electron chi connectivity index (χ4n) is 3.11. The molecule has 20 heavy (non-hydrogen) atoms. The van der Waals surface area contributed by atoms with Gasteiger partial charge in [0.05, 0.1) is 0 Å². The number of rotatable bonds is 5. The summed E-state index contributed by atoms with van der Waals surface area (Å²) in [7, 11) is 0. The lowest BCUT2D eigenvalue weighted by molar-refractivity contribution is 0.130. The van der Waals surface area contributed by atoms with Gasteiger partial charge in [0.2, 0.25) is 0 Å². The zero-order valence-corrected chi connectivity index (χ0v) is 12.1. The number of hydrogen-bond donors (Lipinski definition) is 1. The van der Waals surface area contributed by atoms with Crippen LogP contribution < -0.4 is 5.73 Å². The Bertz CT molecular complexity index is 434. The van der Waals surface area contributed by atoms with Gasteiger partial charge in [0, 0.05) is 24.2 Å². The molecule has 1 saturated heterocycles. The average molecular weight is 282 g/mol. The molecule has 1 fully saturated rings. The van der Waals surface area contributed by atoms with Crippen molar-refractivity contribution in [1.29, 1.82) is 0 Å². The summed E-state index contributed by atoms with van der Waals surface area (Å²) in [5, 5.41) is 0. The molecule has 2 unspecified atom stereocenters. The average Bonchev–Trinajstić information content (AvgIpc) is 2.44. The van der Waals surface area contributed by atoms with Crippen molar-refractivity contribution in [1.82, 2.24) is 4.90 Å². The van der Waals surface area contributed by atoms with Gasteiger partial charge in [-0.3, -0.25) is 4.90 Å². The summed E-state index contributed by atoms with van der Waals surface area (Å²) in [5.41, 5.74) is 6.39. The number of halogens is 2. The Morgan fingerprint density at radius 1 is 1.35 bits per heavy atom. The third kappa shape index (κ3) is 3.76. The van der Waals surface area contributed by atoms with Gasteiger partial charge in [-0.1, -0.05) is 19.8 Å². The number of benzene rings is 1. The Morgan fingerprint density at radius 3 is 2.90 bits per heavy atom. The highest BCUT2D eigenvalue weighted by Crippen LogP contribution is 2.24. The summed E-state index contributed by atoms with van der Waals surface area (Å²) in [6, 6.07) is 3.58. The molecule has 0 radical (unpaired) electrons. The number of hydrogen-bond acceptors (Lipinski definition) is 2. The van der Waals surface area contributed by atoms with Crippen LogP contribution in [0.5, 0.6) is 0 Å². The van der Waals surface area contributed by atoms with Gasteiger partial charge in [-0.25, -0.2) is 8.78 Å². The molecule has 4 heteroatoms. The predicted molar refractivity (Wildman–Crippen MR) is 77.4 cm³/mol. The molecule has 0 aromatic heterocycles. The molecular weight excluding hydrogens is 258 g/mol. The lowest BCUT2D eigenvalue weighted by Crippen LogP contribution is -2.43. The van der Waals surface area contributed by atoms with E-state index in [4.69, 9.17) is 5.73 Å². The normalized spacial score (nSPS) is 21.9. The van der Waals surface area contributed by atoms with Crippen LogP contribution in [0, 0.1) is 11.6 Å². The summed E-state index contributed by atoms with van der Waals surface area (Å²) in [6.07, 6.45) is 5.90. The van der Waals surface area contributed by atoms with E-state index in [0.717, 1.165) is 31.5 Å². The maximum atomic E-state index is 13.8. The van der Waals surface area contributed by atoms with Crippen molar-refractivity contribution < 1.29 is 8.78 Å². The van der Waals surface area contributed by atoms with Crippen molar-refractivity contribution in [2.24, 2.45) is 5.73 Å². The Balaban J connectivity index is 2.05. The van der Waals surface area contributed by atoms with Gasteiger partial charge in [-0.2, -0.15) is 0 Å². The molecule has 112 valence electrons. The van der Waals surface area contributed by atoms with E-state index in [1.165, 1.54) is 25.3 Å². The van der Waals surface area contributed by atoms with Crippen LogP contribution in [0.2, 0.25) is 0 Å². The molecule has 1 aliphatic heterocycles. The summed E-state index contributed by atoms with van der Waals surface area (Å²) >= 11 is 0. The zero-order chi connectivity index (χ0) is 14.5. The largest absolute Gasteiger partial charge is 0.323 e. The summed E-state index contributed by atoms with van der Waals surface area (Å²) < 4.78 is 27.0. The van der Waals surface area contributed by atoms with E-state index in [1.54, 1.807) is 0 Å². The maximum absolute atomic E-state index is 13.8. The molecular formula is C16H24F2N2. The Kier molecular flexibility index (Phi) is 5.49. The van der Waals surface area contributed by atoms with Gasteiger partial charge in [0.15, 0.2) is 0 Å². The number of piperidine rings is 1. The summed E-state index contributed by atoms with van der Waals surface area (Å²) in [4.78, 5) is 2.35. The highest BCUT2D eigenvalue weighted by atomic mass is 19.1. The van der Waals surface area contributed by atoms with Gasteiger partial charge in [0.1, 0.15) is 11.6 Å². The molecule has 0 saturated carbocycles. The van der Waals surface area contributed by atoms with E-state index in [0.29, 0.717) is 12.6 Å². The lowest BCUT2D eigenvalue weighted by atomic mass is 9.96. The van der Waals surface area contributed by atoms with Gasteiger partial charge in [-0.15, -0.1) is 0 Å². The van der Waals surface area contributed by atoms with Crippen LogP contribution in [-0.2, 0) is 0 Å². The van der Waals surface area contributed by atoms with Crippen LogP contribution >= 0.6 is 0 Å². The molecule has 1 heterocycles. The first-order chi connectivity index (χ1) is 9.61. The second kappa shape index (κ2) is 7.14. The van der Waals surface area contributed by atoms with Crippen molar-refractivity contribution in [2.75, 3.05) is 13.1 Å². The molecule has 1 aromatic rings. The number of likely N-dealkylation sites (tertiary alicyclic amines) is 1. The van der Waals surface area contributed by atoms with Crippen LogP contribution in [0.4, 0.5) is 8.78 Å². The number of nitrogens with two attached hydrogens (primary N) is 1. The molecule has 2 nitrogen and oxygen atoms in total. The minimum Gasteiger partial charge on any atom is -0.323 e. The van der Waals surface area contributed by atoms with Gasteiger partial charge in [0.25, 0.3) is 0 Å². The topological polar surface area (TPSA) is 29.3 Å². The van der Waals surface area contributed by atoms with Crippen LogP contribution in [0.15, 0.2) is 18.2 Å². The Labute approximate surface area is 120 Å². The number of nitrogens with zero attached hydrogens (tertiary/aromatic N) is 1. The minimum absolute atomic E-state index is 0.283. The van der Waals surface area contributed by atoms with Crippen molar-refractivity contribution in [2.45, 2.75) is 51.1 Å². The third-order valence-electron chi connectivity index (χ3n) is 4.16. The highest BCUT2D eigenvalue weighted by molar-refractivity contribution is 5.22. The highest BCUT2D eigenvalue weighted by Gasteiger charge is 2.24. The first-order valence-electron chi connectivity index (χ1n) is 7.56. The summed E-state index contributed by atoms with van der Waals surface area (Å²) in [6.45, 7) is 3.79. The van der Waals surface area contributed by atoms with Crippen molar-refractivity contribution >= 4 is 0 Å². The van der Waals surface area contributed by atoms with Crippen molar-refractivity contribution in [3.63, 3.8) is 0 Å². The first kappa shape index (κ1) is 15.4. The zero-order valence-electron chi connectivity index (χ0n) is 12.1. The molecule has 1 aliphatic rings. The smallest absolute Gasteiger partial charge is 0.128 e. The lowest BCUT2D eigenvalue weighted by Gasteiger charge is -2.37. The SMILES string of the molecule is CCCC1CCCCN1CC(N)c1cc(F)ccc1F. The molecule has 0 aliphatic carbocycles. The molecule has 0 bridgehead atoms. The third-order valence-corrected chi connectivity index (χ3v) is 4.16. The summed E-state index contributed by atoms with van der Waals surface area (Å²) in [5.74, 6) is -0.844. The fourth-order valence-corrected chi connectivity index (χ4v) is 3.11. The van der Waals surface area contributed by atoms with E-state index in [9.17, 15) is 8.78 Å². The monoisotopic (exact) mass is 282 g/mol. The van der Waals surface area contributed by atoms with Gasteiger partial charge < -0.3 is 5.73 Å². The van der Waals surface area contributed by atoms with Crippen LogP contribution in [-0.4, -0.2) is 24.0 Å². The van der Waals surface area contributed by atoms with E-state index >= 15 is 0 Å². The Morgan fingerprint density at radius 2 is 2.15 bits per heavy atom. The van der Waals surface area contributed by atoms with Crippen molar-refractivity contribution in [3.05, 3.63) is 35.4 Å². The molecule has 2 rings (SSSR count). The quantitative estimate of drug-likeness (QED) is 0.893. The molecule has 1 aromatic carbocycles. The molecule has 2 N–H and O–H groups in total. The van der Waals surface area contributed by atoms with Crippen molar-refractivity contribution in [3.8, 4) is 0 Å². The fraction of sp³-hybridized carbons (Fsp3) is 0.625. The maximum Gasteiger partial charge on any atom is 0.128 e. The van der Waals surface area contributed by atoms with Gasteiger partial charge in [-0.05, 0) is 44.0 Å². The van der Waals surface area contributed by atoms with Gasteiger partial charge >= 0.3 is 0 Å². The molecule has 0 spiro atoms. The minimum atomic E-state index is -0.469. The second-order valence-corrected chi connectivity index (χ2v) is 5.71. The molecule has 0 amide bonds. The molecule has 2 atom stereocenters. The van der Waals surface area contributed by atoms with E-state index in [1.807, 2.05) is 0 Å². The van der Waals surface area contributed by atoms with E-state index < -0.39 is 17.7 Å². The van der Waals surface area contributed by atoms with Crippen LogP contribution in [0.25, 0.3) is 0 Å². The predicted octanol–water partition coefficient (Wildman–Crippen LogP) is 3.62. The standard InChI is InChI=1S/C16H24F2N2/c1-2-5-13-6-3-4-9-20(13)11-16(19)14-10-12(17)7-8-15(14)18/h7-8,10,13,16H,2-6,9,11,19H2,1H3. The van der Waals surface area contributed by atoms with Crippen LogP contribution in [0.3, 0.4) is 0 Å². The second-order valence-electron chi connectivity index (χ2n) is 5.71.